The number of carbonyl (C=O) groups excluding carboxylic acids is 3. The van der Waals surface area contributed by atoms with Crippen LogP contribution in [-0.2, 0) is 4.79 Å². The number of amides is 3. The molecule has 0 bridgehead atoms. The van der Waals surface area contributed by atoms with Crippen LogP contribution in [0, 0.1) is 20.8 Å². The molecule has 42 heavy (non-hydrogen) atoms. The third kappa shape index (κ3) is 4.95. The van der Waals surface area contributed by atoms with Crippen molar-refractivity contribution in [1.29, 1.82) is 0 Å². The monoisotopic (exact) mass is 776 g/mol. The van der Waals surface area contributed by atoms with Gasteiger partial charge in [0.15, 0.2) is 5.69 Å². The summed E-state index contributed by atoms with van der Waals surface area (Å²) >= 11 is 0. The van der Waals surface area contributed by atoms with E-state index in [1.165, 1.54) is 0 Å². The van der Waals surface area contributed by atoms with Gasteiger partial charge >= 0.3 is 0 Å². The fourth-order valence-electron chi connectivity index (χ4n) is 6.22. The molecule has 1 fully saturated rings. The van der Waals surface area contributed by atoms with E-state index >= 15 is 0 Å². The van der Waals surface area contributed by atoms with Gasteiger partial charge in [-0.3, -0.25) is 14.4 Å². The molecule has 2 aliphatic rings. The summed E-state index contributed by atoms with van der Waals surface area (Å²) in [6.45, 7) is 13.6. The van der Waals surface area contributed by atoms with Crippen molar-refractivity contribution in [2.45, 2.75) is 85.8 Å². The Morgan fingerprint density at radius 1 is 1.17 bits per heavy atom. The maximum atomic E-state index is 14.4. The number of hydrogen-bond acceptors (Lipinski definition) is 5. The lowest BCUT2D eigenvalue weighted by atomic mass is 9.92. The molecule has 3 amide bonds. The zero-order valence-electron chi connectivity index (χ0n) is 50.8. The number of aryl methyl sites for hydroxylation is 1. The van der Waals surface area contributed by atoms with Crippen molar-refractivity contribution >= 4 is 29.1 Å². The minimum Gasteiger partial charge on any atom is -0.491 e. The summed E-state index contributed by atoms with van der Waals surface area (Å²) in [7, 11) is 1.55. The van der Waals surface area contributed by atoms with Gasteiger partial charge in [0, 0.05) is 194 Å². The van der Waals surface area contributed by atoms with Crippen LogP contribution in [0.4, 0.5) is 11.4 Å². The Bertz CT molecular complexity index is 1740. The number of aromatic nitrogens is 2. The lowest BCUT2D eigenvalue weighted by Crippen LogP contribution is -2.42. The summed E-state index contributed by atoms with van der Waals surface area (Å²) in [4.78, 5) is 43.7. The molecular weight excluding hydrogens is 530 g/mol. The summed E-state index contributed by atoms with van der Waals surface area (Å²) in [5.41, 5.74) is 5.98. The maximum Gasteiger partial charge on any atom is 0.277 e. The fourth-order valence-corrected chi connectivity index (χ4v) is 6.22. The highest BCUT2D eigenvalue weighted by Gasteiger charge is 2.39. The number of hydrogen-bond donors (Lipinski definition) is 1. The zero-order valence-corrected chi connectivity index (χ0v) is 25.8. The second kappa shape index (κ2) is 11.3. The first-order chi connectivity index (χ1) is 32.2. The van der Waals surface area contributed by atoms with Crippen molar-refractivity contribution in [3.63, 3.8) is 0 Å². The van der Waals surface area contributed by atoms with Gasteiger partial charge < -0.3 is 19.9 Å². The first-order valence-electron chi connectivity index (χ1n) is 27.1. The Labute approximate surface area is 400 Å². The highest BCUT2D eigenvalue weighted by Crippen LogP contribution is 2.39. The molecule has 0 radical (unpaired) electrons. The van der Waals surface area contributed by atoms with Gasteiger partial charge in [0.2, 0.25) is 5.91 Å². The Hall–Kier alpha value is -4.14. The first kappa shape index (κ1) is 17.1. The molecule has 1 saturated heterocycles. The Morgan fingerprint density at radius 2 is 1.88 bits per heavy atom. The average Bonchev–Trinajstić information content (AvgIpc) is 3.80. The van der Waals surface area contributed by atoms with Gasteiger partial charge in [-0.15, -0.1) is 0 Å². The van der Waals surface area contributed by atoms with E-state index in [0.29, 0.717) is 35.7 Å². The molecule has 2 aromatic carbocycles. The molecule has 9 nitrogen and oxygen atoms in total. The minimum absolute atomic E-state index is 0. The lowest BCUT2D eigenvalue weighted by molar-refractivity contribution is -0.120. The third-order valence-electron chi connectivity index (χ3n) is 8.48. The maximum absolute atomic E-state index is 14.4. The Balaban J connectivity index is -0.00000000391. The van der Waals surface area contributed by atoms with Gasteiger partial charge in [0.05, 0.1) is 13.1 Å². The van der Waals surface area contributed by atoms with E-state index in [0.717, 1.165) is 40.9 Å². The van der Waals surface area contributed by atoms with Crippen LogP contribution < -0.4 is 19.9 Å². The largest absolute Gasteiger partial charge is 0.491 e. The molecule has 3 aromatic rings. The summed E-state index contributed by atoms with van der Waals surface area (Å²) in [5, 5.41) is 7.39. The zero-order chi connectivity index (χ0) is 55.4. The summed E-state index contributed by atoms with van der Waals surface area (Å²) in [5.74, 6) is -0.0814. The van der Waals surface area contributed by atoms with Crippen LogP contribution in [0.5, 0.6) is 5.75 Å². The quantitative estimate of drug-likeness (QED) is 0.269. The molecule has 0 saturated carbocycles. The first-order valence-corrected chi connectivity index (χ1v) is 14.6. The van der Waals surface area contributed by atoms with E-state index in [9.17, 15) is 14.4 Å². The number of benzene rings is 2. The summed E-state index contributed by atoms with van der Waals surface area (Å²) in [6, 6.07) is 9.54. The smallest absolute Gasteiger partial charge is 0.277 e. The molecule has 5 rings (SSSR count). The summed E-state index contributed by atoms with van der Waals surface area (Å²) < 4.78 is 136. The molecule has 2 atom stereocenters. The van der Waals surface area contributed by atoms with E-state index in [1.54, 1.807) is 36.5 Å². The number of nitrogens with zero attached hydrogens (tertiary/aromatic N) is 4. The molecule has 3 heterocycles. The lowest BCUT2D eigenvalue weighted by Gasteiger charge is -2.35. The molecule has 1 N–H and O–H groups in total. The van der Waals surface area contributed by atoms with Crippen molar-refractivity contribution in [1.82, 2.24) is 15.1 Å². The van der Waals surface area contributed by atoms with Crippen LogP contribution in [0.25, 0.3) is 5.69 Å². The van der Waals surface area contributed by atoms with E-state index < -0.39 is 6.08 Å². The SMILES string of the molecule is [2H]C(C)(C)Oc1ccc(-n2nc(C(=O)NC)c3c2C(=O)N(c2ccc(N4C(=O)CCCC4C)cc2C)CC3C)c(C)c1C.[2H][2H].[2H][2H].[2H][2H].[2H][2H].[2H][2H].[2H][2H].[2H][2H].[2H][2H].[2H][2H].[2H][2H].[2H][2H].[2H][2H].[HH].[HH].[HH].[HH].[HH].[HH].[HH].[HH].[HH].[HH].[HH].[HH].[HH].[HH].[HH].[HH].[HH].[HH].[HH].[HH].[HH].[HH].[HH].[HH].[HH].[HH].[HH].[HH].[HH].[HH].[HH].[HH].[HH].[HH].[HH].[HH].[HH].[HH].[HH].[HH].[HH].[HH].[HH].[HH].[HH].[HH].[HH].[HH].[HH].[HH].[HH].[HH].[HH].[HH].[HH].[HH].[HH].[HH].[HH].[HH].[HH].[HH].[HH].[HH].[HH].[HH].[HH].[HH].[HH].[HH].[HH].[HH].[HH].[HH].[HH].[HH].[HH]. The number of ether oxygens (including phenoxy) is 1. The van der Waals surface area contributed by atoms with Crippen LogP contribution in [0.15, 0.2) is 30.3 Å². The van der Waals surface area contributed by atoms with Crippen LogP contribution in [0.3, 0.4) is 0 Å². The topological polar surface area (TPSA) is 96.8 Å². The predicted molar refractivity (Wildman–Crippen MR) is 352 cm³/mol. The number of fused-ring (bicyclic) bond motifs is 1. The standard InChI is InChI=1S/C33H41N5O4.89H2/c1-18(2)42-27-15-14-26(22(6)23(27)7)38-31-29(30(35-38)32(40)34-8)20(4)17-36(33(31)41)25-13-12-24(16-19(25)3)37-21(5)10-9-11-28(37)39;;;;;;;;;;;;;;;;;;;;;;;;;;;;;;;;;;;;;;;;;;;;;;;;;;;;;;;;;;;;;;;;;;;;;;;;;;;;;;;;;;;;;;;;;/h12-16,18,20-21H,9-11,17H2,1-8H3,(H,34,40);89*1H/i18D;12*1+1D;;;;;;;;;;;;;;;;;;;;;;;;;;;;;;;;;;;;;;;;;;;;;;;;;;;;;;;;;;;;;;;;;;;;;;;;;;;;;. The summed E-state index contributed by atoms with van der Waals surface area (Å²) in [6.07, 6.45) is 1.29. The second-order valence-corrected chi connectivity index (χ2v) is 11.7. The van der Waals surface area contributed by atoms with Crippen LogP contribution in [0.1, 0.15) is 243 Å². The van der Waals surface area contributed by atoms with Gasteiger partial charge in [-0.1, -0.05) is 6.92 Å². The Morgan fingerprint density at radius 3 is 2.52 bits per heavy atom. The third-order valence-corrected chi connectivity index (χ3v) is 8.48. The van der Waals surface area contributed by atoms with Crippen LogP contribution in [-0.4, -0.2) is 53.2 Å². The van der Waals surface area contributed by atoms with E-state index in [1.807, 2.05) is 56.9 Å². The average molecular weight is 776 g/mol. The molecule has 9 heteroatoms. The van der Waals surface area contributed by atoms with Gasteiger partial charge in [-0.25, -0.2) is 4.68 Å². The second-order valence-electron chi connectivity index (χ2n) is 11.7. The molecule has 2 aliphatic heterocycles. The number of anilines is 2. The van der Waals surface area contributed by atoms with Crippen molar-refractivity contribution < 1.29 is 166 Å². The van der Waals surface area contributed by atoms with Crippen molar-refractivity contribution in [3.8, 4) is 11.4 Å². The van der Waals surface area contributed by atoms with E-state index in [4.69, 9.17) is 46.8 Å². The fraction of sp³-hybridized carbons (Fsp3) is 0.455. The molecule has 0 aliphatic carbocycles. The number of nitrogens with one attached hydrogen (secondary N) is 1. The number of piperidine rings is 1. The van der Waals surface area contributed by atoms with Gasteiger partial charge in [0.25, 0.3) is 11.8 Å². The van der Waals surface area contributed by atoms with Crippen LogP contribution in [0.2, 0.25) is 0 Å². The molecular formula is C33H219N5O4. The normalized spacial score (nSPS) is 21.8. The highest BCUT2D eigenvalue weighted by molar-refractivity contribution is 6.10. The van der Waals surface area contributed by atoms with E-state index in [2.05, 4.69) is 12.2 Å². The van der Waals surface area contributed by atoms with Gasteiger partial charge in [-0.2, -0.15) is 5.10 Å². The highest BCUT2D eigenvalue weighted by atomic mass is 16.5. The Kier molecular flexibility index (Phi) is 4.59. The number of rotatable bonds is 6. The predicted octanol–water partition coefficient (Wildman–Crippen LogP) is 27.5. The van der Waals surface area contributed by atoms with Crippen molar-refractivity contribution in [2.24, 2.45) is 0 Å². The van der Waals surface area contributed by atoms with Crippen molar-refractivity contribution in [3.05, 3.63) is 64.0 Å². The van der Waals surface area contributed by atoms with Crippen molar-refractivity contribution in [2.75, 3.05) is 23.4 Å². The molecule has 2 unspecified atom stereocenters. The minimum atomic E-state index is -1.12. The van der Waals surface area contributed by atoms with Crippen LogP contribution >= 0.6 is 0 Å². The van der Waals surface area contributed by atoms with E-state index in [-0.39, 0.29) is 145 Å². The number of carbonyl (C=O) groups is 3. The molecule has 0 spiro atoms. The molecule has 400 valence electrons. The molecule has 1 aromatic heterocycles. The van der Waals surface area contributed by atoms with Gasteiger partial charge in [0.1, 0.15) is 11.4 Å². The van der Waals surface area contributed by atoms with Gasteiger partial charge in [-0.05, 0) is 101 Å².